The van der Waals surface area contributed by atoms with Gasteiger partial charge in [0.1, 0.15) is 6.10 Å². The van der Waals surface area contributed by atoms with Crippen molar-refractivity contribution in [2.45, 2.75) is 52.6 Å². The van der Waals surface area contributed by atoms with Gasteiger partial charge in [0.25, 0.3) is 0 Å². The lowest BCUT2D eigenvalue weighted by molar-refractivity contribution is 0.0467. The van der Waals surface area contributed by atoms with Gasteiger partial charge >= 0.3 is 5.43 Å². The molecule has 2 nitrogen and oxygen atoms in total. The van der Waals surface area contributed by atoms with E-state index in [1.165, 1.54) is 6.42 Å². The molecule has 1 saturated carbocycles. The molecule has 82 valence electrons. The maximum absolute atomic E-state index is 10.6. The van der Waals surface area contributed by atoms with Gasteiger partial charge in [-0.15, -0.1) is 0 Å². The van der Waals surface area contributed by atoms with Crippen LogP contribution in [-0.2, 0) is 4.74 Å². The van der Waals surface area contributed by atoms with E-state index >= 15 is 0 Å². The van der Waals surface area contributed by atoms with Gasteiger partial charge in [-0.25, -0.2) is 4.79 Å². The quantitative estimate of drug-likeness (QED) is 0.623. The van der Waals surface area contributed by atoms with Gasteiger partial charge in [0.15, 0.2) is 0 Å². The van der Waals surface area contributed by atoms with Crippen molar-refractivity contribution in [1.82, 2.24) is 0 Å². The maximum atomic E-state index is 10.6. The van der Waals surface area contributed by atoms with E-state index in [0.29, 0.717) is 11.3 Å². The Labute approximate surface area is 91.0 Å². The number of ether oxygens (including phenoxy) is 1. The lowest BCUT2D eigenvalue weighted by atomic mass is 9.71. The zero-order valence-electron chi connectivity index (χ0n) is 9.18. The number of hydrogen-bond acceptors (Lipinski definition) is 2. The number of halogens is 1. The van der Waals surface area contributed by atoms with Crippen molar-refractivity contribution in [1.29, 1.82) is 0 Å². The Balaban J connectivity index is 2.48. The lowest BCUT2D eigenvalue weighted by Gasteiger charge is -2.36. The first-order chi connectivity index (χ1) is 6.39. The molecule has 0 heterocycles. The second-order valence-electron chi connectivity index (χ2n) is 5.21. The predicted molar refractivity (Wildman–Crippen MR) is 57.5 cm³/mol. The van der Waals surface area contributed by atoms with Gasteiger partial charge in [-0.1, -0.05) is 20.8 Å². The highest BCUT2D eigenvalue weighted by molar-refractivity contribution is 6.61. The molecule has 1 rings (SSSR count). The normalized spacial score (nSPS) is 28.6. The molecule has 1 aliphatic carbocycles. The van der Waals surface area contributed by atoms with Crippen molar-refractivity contribution in [3.05, 3.63) is 0 Å². The molecule has 0 aliphatic heterocycles. The second-order valence-corrected chi connectivity index (χ2v) is 5.52. The molecular weight excluding hydrogens is 200 g/mol. The summed E-state index contributed by atoms with van der Waals surface area (Å²) in [5, 5.41) is 0. The topological polar surface area (TPSA) is 26.3 Å². The molecule has 3 heteroatoms. The van der Waals surface area contributed by atoms with Gasteiger partial charge in [-0.3, -0.25) is 0 Å². The zero-order chi connectivity index (χ0) is 10.8. The summed E-state index contributed by atoms with van der Waals surface area (Å²) in [5.74, 6) is 0.636. The third kappa shape index (κ3) is 3.49. The summed E-state index contributed by atoms with van der Waals surface area (Å²) in [4.78, 5) is 10.6. The summed E-state index contributed by atoms with van der Waals surface area (Å²) in [5.41, 5.74) is -0.359. The van der Waals surface area contributed by atoms with Gasteiger partial charge in [0.2, 0.25) is 0 Å². The van der Waals surface area contributed by atoms with Gasteiger partial charge in [0, 0.05) is 11.6 Å². The Kier molecular flexibility index (Phi) is 3.82. The fourth-order valence-electron chi connectivity index (χ4n) is 2.17. The Bertz CT molecular complexity index is 208. The Morgan fingerprint density at radius 1 is 1.36 bits per heavy atom. The van der Waals surface area contributed by atoms with E-state index < -0.39 is 5.43 Å². The fourth-order valence-corrected chi connectivity index (χ4v) is 2.30. The first-order valence-electron chi connectivity index (χ1n) is 5.25. The highest BCUT2D eigenvalue weighted by Gasteiger charge is 2.31. The molecule has 14 heavy (non-hydrogen) atoms. The summed E-state index contributed by atoms with van der Waals surface area (Å²) in [7, 11) is 0. The monoisotopic (exact) mass is 218 g/mol. The highest BCUT2D eigenvalue weighted by atomic mass is 35.5. The van der Waals surface area contributed by atoms with E-state index in [1.54, 1.807) is 0 Å². The van der Waals surface area contributed by atoms with Crippen molar-refractivity contribution in [3.63, 3.8) is 0 Å². The number of carbonyl (C=O) groups is 1. The summed E-state index contributed by atoms with van der Waals surface area (Å²) < 4.78 is 5.04. The second kappa shape index (κ2) is 4.52. The average molecular weight is 219 g/mol. The highest BCUT2D eigenvalue weighted by Crippen LogP contribution is 2.38. The standard InChI is InChI=1S/C11H19ClO2/c1-11(2,3)8-5-4-6-9(7-8)14-10(12)13/h8-9H,4-7H2,1-3H3. The molecule has 0 aromatic carbocycles. The molecule has 0 aromatic rings. The molecule has 0 spiro atoms. The van der Waals surface area contributed by atoms with Crippen LogP contribution in [0.1, 0.15) is 46.5 Å². The summed E-state index contributed by atoms with van der Waals surface area (Å²) >= 11 is 5.21. The van der Waals surface area contributed by atoms with Crippen LogP contribution >= 0.6 is 11.6 Å². The molecule has 2 atom stereocenters. The van der Waals surface area contributed by atoms with E-state index in [-0.39, 0.29) is 6.10 Å². The Hall–Kier alpha value is -0.240. The first-order valence-corrected chi connectivity index (χ1v) is 5.63. The average Bonchev–Trinajstić information content (AvgIpc) is 2.01. The molecule has 0 aromatic heterocycles. The van der Waals surface area contributed by atoms with Crippen LogP contribution in [0.2, 0.25) is 0 Å². The van der Waals surface area contributed by atoms with E-state index in [2.05, 4.69) is 20.8 Å². The van der Waals surface area contributed by atoms with Crippen molar-refractivity contribution >= 4 is 17.0 Å². The SMILES string of the molecule is CC(C)(C)C1CCCC(OC(=O)Cl)C1. The van der Waals surface area contributed by atoms with Crippen LogP contribution in [0.4, 0.5) is 4.79 Å². The van der Waals surface area contributed by atoms with E-state index in [9.17, 15) is 4.79 Å². The molecule has 0 saturated heterocycles. The largest absolute Gasteiger partial charge is 0.450 e. The molecule has 2 unspecified atom stereocenters. The molecule has 1 aliphatic rings. The van der Waals surface area contributed by atoms with Crippen LogP contribution in [0.5, 0.6) is 0 Å². The lowest BCUT2D eigenvalue weighted by Crippen LogP contribution is -2.31. The maximum Gasteiger partial charge on any atom is 0.404 e. The molecule has 1 fully saturated rings. The van der Waals surface area contributed by atoms with Crippen LogP contribution in [0.15, 0.2) is 0 Å². The van der Waals surface area contributed by atoms with Crippen LogP contribution in [0, 0.1) is 11.3 Å². The Morgan fingerprint density at radius 3 is 2.50 bits per heavy atom. The van der Waals surface area contributed by atoms with Gasteiger partial charge in [-0.05, 0) is 37.0 Å². The predicted octanol–water partition coefficient (Wildman–Crippen LogP) is 3.97. The number of hydrogen-bond donors (Lipinski definition) is 0. The minimum atomic E-state index is -0.662. The van der Waals surface area contributed by atoms with Crippen LogP contribution < -0.4 is 0 Å². The van der Waals surface area contributed by atoms with Crippen LogP contribution in [0.25, 0.3) is 0 Å². The van der Waals surface area contributed by atoms with Gasteiger partial charge in [-0.2, -0.15) is 0 Å². The molecule has 0 bridgehead atoms. The molecule has 0 N–H and O–H groups in total. The van der Waals surface area contributed by atoms with Crippen molar-refractivity contribution < 1.29 is 9.53 Å². The third-order valence-corrected chi connectivity index (χ3v) is 3.20. The fraction of sp³-hybridized carbons (Fsp3) is 0.909. The van der Waals surface area contributed by atoms with Crippen LogP contribution in [-0.4, -0.2) is 11.5 Å². The summed E-state index contributed by atoms with van der Waals surface area (Å²) in [6.07, 6.45) is 4.34. The van der Waals surface area contributed by atoms with Gasteiger partial charge < -0.3 is 4.74 Å². The minimum Gasteiger partial charge on any atom is -0.450 e. The number of rotatable bonds is 1. The summed E-state index contributed by atoms with van der Waals surface area (Å²) in [6, 6.07) is 0. The summed E-state index contributed by atoms with van der Waals surface area (Å²) in [6.45, 7) is 6.72. The minimum absolute atomic E-state index is 0.0398. The third-order valence-electron chi connectivity index (χ3n) is 3.11. The van der Waals surface area contributed by atoms with Crippen LogP contribution in [0.3, 0.4) is 0 Å². The zero-order valence-corrected chi connectivity index (χ0v) is 9.93. The molecule has 0 amide bonds. The Morgan fingerprint density at radius 2 is 2.00 bits per heavy atom. The van der Waals surface area contributed by atoms with E-state index in [4.69, 9.17) is 16.3 Å². The molecular formula is C11H19ClO2. The van der Waals surface area contributed by atoms with E-state index in [0.717, 1.165) is 19.3 Å². The smallest absolute Gasteiger partial charge is 0.404 e. The van der Waals surface area contributed by atoms with Crippen molar-refractivity contribution in [2.24, 2.45) is 11.3 Å². The first kappa shape index (κ1) is 11.8. The van der Waals surface area contributed by atoms with E-state index in [1.807, 2.05) is 0 Å². The van der Waals surface area contributed by atoms with Gasteiger partial charge in [0.05, 0.1) is 0 Å². The van der Waals surface area contributed by atoms with Crippen molar-refractivity contribution in [3.8, 4) is 0 Å². The molecule has 0 radical (unpaired) electrons. The number of carbonyl (C=O) groups excluding carboxylic acids is 1. The van der Waals surface area contributed by atoms with Crippen molar-refractivity contribution in [2.75, 3.05) is 0 Å².